The third kappa shape index (κ3) is 2.41. The number of aromatic nitrogens is 1. The van der Waals surface area contributed by atoms with E-state index >= 15 is 0 Å². The average Bonchev–Trinajstić information content (AvgIpc) is 2.47. The smallest absolute Gasteiger partial charge is 0.141 e. The molecular weight excluding hydrogens is 246 g/mol. The summed E-state index contributed by atoms with van der Waals surface area (Å²) in [4.78, 5) is 4.48. The molecule has 0 bridgehead atoms. The minimum absolute atomic E-state index is 0.216. The van der Waals surface area contributed by atoms with E-state index in [1.165, 1.54) is 11.1 Å². The van der Waals surface area contributed by atoms with Gasteiger partial charge in [-0.1, -0.05) is 48.5 Å². The summed E-state index contributed by atoms with van der Waals surface area (Å²) in [7, 11) is 0. The number of benzene rings is 2. The zero-order valence-electron chi connectivity index (χ0n) is 11.2. The fraction of sp³-hybridized carbons (Fsp3) is 0.0556. The molecule has 98 valence electrons. The molecule has 1 heterocycles. The second kappa shape index (κ2) is 5.17. The van der Waals surface area contributed by atoms with Gasteiger partial charge in [0.05, 0.1) is 5.69 Å². The molecule has 2 nitrogen and oxygen atoms in total. The van der Waals surface area contributed by atoms with Crippen LogP contribution in [-0.4, -0.2) is 10.1 Å². The topological polar surface area (TPSA) is 33.1 Å². The van der Waals surface area contributed by atoms with Crippen LogP contribution in [0.25, 0.3) is 23.1 Å². The molecule has 0 aliphatic carbocycles. The number of rotatable bonds is 2. The Kier molecular flexibility index (Phi) is 3.21. The van der Waals surface area contributed by atoms with Crippen LogP contribution >= 0.6 is 0 Å². The van der Waals surface area contributed by atoms with E-state index in [4.69, 9.17) is 0 Å². The normalized spacial score (nSPS) is 11.2. The Bertz CT molecular complexity index is 790. The largest absolute Gasteiger partial charge is 0.506 e. The van der Waals surface area contributed by atoms with Crippen LogP contribution in [0.5, 0.6) is 5.75 Å². The lowest BCUT2D eigenvalue weighted by Gasteiger charge is -2.02. The predicted molar refractivity (Wildman–Crippen MR) is 83.5 cm³/mol. The predicted octanol–water partition coefficient (Wildman–Crippen LogP) is 4.42. The number of hydrogen-bond acceptors (Lipinski definition) is 2. The van der Waals surface area contributed by atoms with Crippen molar-refractivity contribution in [2.45, 2.75) is 6.92 Å². The Labute approximate surface area is 118 Å². The lowest BCUT2D eigenvalue weighted by atomic mass is 10.1. The summed E-state index contributed by atoms with van der Waals surface area (Å²) < 4.78 is 0. The van der Waals surface area contributed by atoms with E-state index in [9.17, 15) is 5.11 Å². The summed E-state index contributed by atoms with van der Waals surface area (Å²) in [5.41, 5.74) is 3.88. The van der Waals surface area contributed by atoms with Gasteiger partial charge in [0.25, 0.3) is 0 Å². The molecule has 0 aliphatic rings. The van der Waals surface area contributed by atoms with Crippen molar-refractivity contribution in [2.24, 2.45) is 0 Å². The average molecular weight is 261 g/mol. The number of aromatic hydroxyl groups is 1. The highest BCUT2D eigenvalue weighted by Crippen LogP contribution is 2.23. The van der Waals surface area contributed by atoms with Gasteiger partial charge in [0.15, 0.2) is 0 Å². The van der Waals surface area contributed by atoms with Gasteiger partial charge >= 0.3 is 0 Å². The molecule has 1 aromatic heterocycles. The Morgan fingerprint density at radius 3 is 2.60 bits per heavy atom. The van der Waals surface area contributed by atoms with Crippen LogP contribution in [0.3, 0.4) is 0 Å². The fourth-order valence-corrected chi connectivity index (χ4v) is 2.19. The minimum Gasteiger partial charge on any atom is -0.506 e. The van der Waals surface area contributed by atoms with Crippen molar-refractivity contribution in [1.82, 2.24) is 4.98 Å². The first kappa shape index (κ1) is 12.4. The van der Waals surface area contributed by atoms with Crippen LogP contribution in [0.1, 0.15) is 16.8 Å². The van der Waals surface area contributed by atoms with E-state index in [2.05, 4.69) is 24.0 Å². The highest BCUT2D eigenvalue weighted by Gasteiger charge is 2.01. The summed E-state index contributed by atoms with van der Waals surface area (Å²) in [6, 6.07) is 17.5. The van der Waals surface area contributed by atoms with Gasteiger partial charge in [-0.25, -0.2) is 4.98 Å². The van der Waals surface area contributed by atoms with Crippen molar-refractivity contribution >= 4 is 23.1 Å². The van der Waals surface area contributed by atoms with E-state index in [0.717, 1.165) is 11.1 Å². The first-order chi connectivity index (χ1) is 9.74. The summed E-state index contributed by atoms with van der Waals surface area (Å²) in [6.07, 6.45) is 4.01. The number of nitrogens with zero attached hydrogens (tertiary/aromatic N) is 1. The zero-order valence-corrected chi connectivity index (χ0v) is 11.2. The van der Waals surface area contributed by atoms with E-state index in [1.807, 2.05) is 48.6 Å². The Hall–Kier alpha value is -2.61. The van der Waals surface area contributed by atoms with Gasteiger partial charge in [0.1, 0.15) is 11.3 Å². The van der Waals surface area contributed by atoms with Crippen molar-refractivity contribution in [1.29, 1.82) is 0 Å². The highest BCUT2D eigenvalue weighted by molar-refractivity contribution is 5.85. The number of hydrogen-bond donors (Lipinski definition) is 1. The number of aryl methyl sites for hydroxylation is 1. The van der Waals surface area contributed by atoms with Gasteiger partial charge in [0.2, 0.25) is 0 Å². The molecule has 0 saturated carbocycles. The molecule has 0 amide bonds. The maximum absolute atomic E-state index is 9.84. The maximum atomic E-state index is 9.84. The molecule has 20 heavy (non-hydrogen) atoms. The first-order valence-corrected chi connectivity index (χ1v) is 6.56. The Morgan fingerprint density at radius 2 is 1.75 bits per heavy atom. The SMILES string of the molecule is Cc1ccccc1/C=C/c1ccc2cccc(O)c2n1. The van der Waals surface area contributed by atoms with Crippen molar-refractivity contribution in [3.63, 3.8) is 0 Å². The Morgan fingerprint density at radius 1 is 0.900 bits per heavy atom. The molecule has 0 radical (unpaired) electrons. The number of phenols is 1. The summed E-state index contributed by atoms with van der Waals surface area (Å²) in [6.45, 7) is 2.08. The standard InChI is InChI=1S/C18H15NO/c1-13-5-2-3-6-14(13)9-11-16-12-10-15-7-4-8-17(20)18(15)19-16/h2-12,20H,1H3/b11-9+. The summed E-state index contributed by atoms with van der Waals surface area (Å²) >= 11 is 0. The van der Waals surface area contributed by atoms with E-state index < -0.39 is 0 Å². The molecule has 0 fully saturated rings. The number of phenolic OH excluding ortho intramolecular Hbond substituents is 1. The third-order valence-corrected chi connectivity index (χ3v) is 3.34. The van der Waals surface area contributed by atoms with Crippen LogP contribution in [0, 0.1) is 6.92 Å². The van der Waals surface area contributed by atoms with Gasteiger partial charge in [-0.15, -0.1) is 0 Å². The van der Waals surface area contributed by atoms with Gasteiger partial charge in [-0.05, 0) is 36.3 Å². The lowest BCUT2D eigenvalue weighted by Crippen LogP contribution is -1.84. The van der Waals surface area contributed by atoms with Gasteiger partial charge < -0.3 is 5.11 Å². The molecule has 0 aliphatic heterocycles. The summed E-state index contributed by atoms with van der Waals surface area (Å²) in [5.74, 6) is 0.216. The van der Waals surface area contributed by atoms with Crippen LogP contribution in [0.2, 0.25) is 0 Å². The van der Waals surface area contributed by atoms with Gasteiger partial charge in [-0.3, -0.25) is 0 Å². The van der Waals surface area contributed by atoms with E-state index in [1.54, 1.807) is 6.07 Å². The number of fused-ring (bicyclic) bond motifs is 1. The second-order valence-corrected chi connectivity index (χ2v) is 4.77. The van der Waals surface area contributed by atoms with Crippen molar-refractivity contribution in [2.75, 3.05) is 0 Å². The molecule has 0 unspecified atom stereocenters. The van der Waals surface area contributed by atoms with Crippen molar-refractivity contribution < 1.29 is 5.11 Å². The molecule has 3 rings (SSSR count). The molecule has 2 aromatic carbocycles. The maximum Gasteiger partial charge on any atom is 0.141 e. The van der Waals surface area contributed by atoms with Crippen LogP contribution in [-0.2, 0) is 0 Å². The zero-order chi connectivity index (χ0) is 13.9. The highest BCUT2D eigenvalue weighted by atomic mass is 16.3. The third-order valence-electron chi connectivity index (χ3n) is 3.34. The van der Waals surface area contributed by atoms with Crippen molar-refractivity contribution in [3.05, 3.63) is 71.4 Å². The molecule has 3 aromatic rings. The molecular formula is C18H15NO. The molecule has 2 heteroatoms. The lowest BCUT2D eigenvalue weighted by molar-refractivity contribution is 0.480. The van der Waals surface area contributed by atoms with Crippen LogP contribution < -0.4 is 0 Å². The monoisotopic (exact) mass is 261 g/mol. The molecule has 1 N–H and O–H groups in total. The molecule has 0 spiro atoms. The molecule has 0 saturated heterocycles. The number of para-hydroxylation sites is 1. The van der Waals surface area contributed by atoms with Gasteiger partial charge in [0, 0.05) is 5.39 Å². The quantitative estimate of drug-likeness (QED) is 0.740. The van der Waals surface area contributed by atoms with Crippen LogP contribution in [0.15, 0.2) is 54.6 Å². The fourth-order valence-electron chi connectivity index (χ4n) is 2.19. The van der Waals surface area contributed by atoms with E-state index in [0.29, 0.717) is 5.52 Å². The number of pyridine rings is 1. The summed E-state index contributed by atoms with van der Waals surface area (Å²) in [5, 5.41) is 10.8. The second-order valence-electron chi connectivity index (χ2n) is 4.77. The van der Waals surface area contributed by atoms with Gasteiger partial charge in [-0.2, -0.15) is 0 Å². The minimum atomic E-state index is 0.216. The molecule has 0 atom stereocenters. The Balaban J connectivity index is 1.99. The van der Waals surface area contributed by atoms with Crippen molar-refractivity contribution in [3.8, 4) is 5.75 Å². The van der Waals surface area contributed by atoms with Crippen LogP contribution in [0.4, 0.5) is 0 Å². The van der Waals surface area contributed by atoms with E-state index in [-0.39, 0.29) is 5.75 Å². The first-order valence-electron chi connectivity index (χ1n) is 6.56.